The molecule has 0 N–H and O–H groups in total. The topological polar surface area (TPSA) is 30.2 Å². The van der Waals surface area contributed by atoms with Gasteiger partial charge in [-0.2, -0.15) is 5.10 Å². The zero-order valence-corrected chi connectivity index (χ0v) is 13.3. The van der Waals surface area contributed by atoms with Crippen LogP contribution in [0.15, 0.2) is 88.9 Å². The molecule has 0 amide bonds. The second kappa shape index (κ2) is 6.26. The Morgan fingerprint density at radius 1 is 0.826 bits per heavy atom. The first-order valence-corrected chi connectivity index (χ1v) is 8.31. The number of fused-ring (bicyclic) bond motifs is 1. The summed E-state index contributed by atoms with van der Waals surface area (Å²) >= 11 is 1.66. The number of nitrogens with zero attached hydrogens (tertiary/aromatic N) is 3. The van der Waals surface area contributed by atoms with E-state index in [1.165, 1.54) is 10.5 Å². The van der Waals surface area contributed by atoms with Crippen molar-refractivity contribution in [1.29, 1.82) is 0 Å². The van der Waals surface area contributed by atoms with Crippen molar-refractivity contribution in [3.8, 4) is 0 Å². The molecule has 3 nitrogen and oxygen atoms in total. The van der Waals surface area contributed by atoms with Gasteiger partial charge in [0.25, 0.3) is 0 Å². The minimum Gasteiger partial charge on any atom is -0.232 e. The summed E-state index contributed by atoms with van der Waals surface area (Å²) in [5.41, 5.74) is 3.17. The Labute approximate surface area is 139 Å². The van der Waals surface area contributed by atoms with Crippen LogP contribution in [-0.4, -0.2) is 14.6 Å². The molecule has 0 aliphatic rings. The molecule has 0 spiro atoms. The molecule has 0 saturated heterocycles. The highest BCUT2D eigenvalue weighted by molar-refractivity contribution is 7.99. The van der Waals surface area contributed by atoms with E-state index >= 15 is 0 Å². The fourth-order valence-corrected chi connectivity index (χ4v) is 3.27. The second-order valence-corrected chi connectivity index (χ2v) is 6.38. The van der Waals surface area contributed by atoms with E-state index in [4.69, 9.17) is 0 Å². The van der Waals surface area contributed by atoms with Crippen molar-refractivity contribution < 1.29 is 0 Å². The minimum absolute atomic E-state index is 0.825. The summed E-state index contributed by atoms with van der Waals surface area (Å²) in [6, 6.07) is 24.7. The lowest BCUT2D eigenvalue weighted by Gasteiger charge is -2.00. The highest BCUT2D eigenvalue weighted by Gasteiger charge is 2.06. The number of imidazole rings is 1. The number of hydrogen-bond acceptors (Lipinski definition) is 3. The normalized spacial score (nSPS) is 11.0. The van der Waals surface area contributed by atoms with Crippen LogP contribution in [0.4, 0.5) is 0 Å². The largest absolute Gasteiger partial charge is 0.232 e. The summed E-state index contributed by atoms with van der Waals surface area (Å²) < 4.78 is 1.86. The minimum atomic E-state index is 0.825. The van der Waals surface area contributed by atoms with Crippen LogP contribution in [0, 0.1) is 0 Å². The van der Waals surface area contributed by atoms with Gasteiger partial charge in [0.05, 0.1) is 11.9 Å². The number of rotatable bonds is 4. The van der Waals surface area contributed by atoms with Gasteiger partial charge in [-0.15, -0.1) is 0 Å². The Bertz CT molecular complexity index is 878. The first kappa shape index (κ1) is 14.0. The van der Waals surface area contributed by atoms with Crippen LogP contribution in [-0.2, 0) is 6.42 Å². The number of benzene rings is 2. The van der Waals surface area contributed by atoms with Crippen LogP contribution in [0.3, 0.4) is 0 Å². The van der Waals surface area contributed by atoms with Crippen molar-refractivity contribution in [3.63, 3.8) is 0 Å². The Kier molecular flexibility index (Phi) is 3.82. The molecule has 0 bridgehead atoms. The Morgan fingerprint density at radius 3 is 2.35 bits per heavy atom. The molecule has 4 heteroatoms. The maximum absolute atomic E-state index is 4.65. The lowest BCUT2D eigenvalue weighted by molar-refractivity contribution is 0.857. The van der Waals surface area contributed by atoms with Crippen molar-refractivity contribution >= 4 is 17.4 Å². The molecule has 0 fully saturated rings. The predicted octanol–water partition coefficient (Wildman–Crippen LogP) is 4.47. The second-order valence-electron chi connectivity index (χ2n) is 5.28. The Hall–Kier alpha value is -2.59. The van der Waals surface area contributed by atoms with Crippen molar-refractivity contribution in [3.05, 3.63) is 90.3 Å². The molecule has 0 aliphatic heterocycles. The smallest absolute Gasteiger partial charge is 0.153 e. The molecule has 2 heterocycles. The molecule has 4 rings (SSSR count). The van der Waals surface area contributed by atoms with Crippen LogP contribution in [0.1, 0.15) is 11.3 Å². The van der Waals surface area contributed by atoms with E-state index in [1.807, 2.05) is 47.1 Å². The quantitative estimate of drug-likeness (QED) is 0.556. The summed E-state index contributed by atoms with van der Waals surface area (Å²) in [5.74, 6) is 0. The predicted molar refractivity (Wildman–Crippen MR) is 92.8 cm³/mol. The van der Waals surface area contributed by atoms with E-state index in [1.54, 1.807) is 11.8 Å². The molecule has 4 aromatic rings. The molecule has 0 aliphatic carbocycles. The van der Waals surface area contributed by atoms with Gasteiger partial charge in [0.1, 0.15) is 5.03 Å². The lowest BCUT2D eigenvalue weighted by atomic mass is 10.1. The molecule has 2 aromatic carbocycles. The highest BCUT2D eigenvalue weighted by atomic mass is 32.2. The molecule has 0 saturated carbocycles. The average Bonchev–Trinajstić information content (AvgIpc) is 2.98. The van der Waals surface area contributed by atoms with E-state index in [0.717, 1.165) is 22.8 Å². The summed E-state index contributed by atoms with van der Waals surface area (Å²) in [5, 5.41) is 5.62. The number of hydrogen-bond donors (Lipinski definition) is 0. The van der Waals surface area contributed by atoms with Crippen molar-refractivity contribution in [2.24, 2.45) is 0 Å². The van der Waals surface area contributed by atoms with Gasteiger partial charge >= 0.3 is 0 Å². The summed E-state index contributed by atoms with van der Waals surface area (Å²) in [7, 11) is 0. The SMILES string of the molecule is c1ccc(Cc2cn3nc(Sc4ccccc4)ccc3n2)cc1. The van der Waals surface area contributed by atoms with Crippen LogP contribution >= 0.6 is 11.8 Å². The van der Waals surface area contributed by atoms with Gasteiger partial charge < -0.3 is 0 Å². The van der Waals surface area contributed by atoms with Gasteiger partial charge in [0.15, 0.2) is 5.65 Å². The molecule has 112 valence electrons. The standard InChI is InChI=1S/C19H15N3S/c1-3-7-15(8-4-1)13-16-14-22-18(20-16)11-12-19(21-22)23-17-9-5-2-6-10-17/h1-12,14H,13H2. The molecule has 0 radical (unpaired) electrons. The van der Waals surface area contributed by atoms with Gasteiger partial charge in [-0.05, 0) is 29.8 Å². The van der Waals surface area contributed by atoms with Gasteiger partial charge in [0.2, 0.25) is 0 Å². The third-order valence-electron chi connectivity index (χ3n) is 3.54. The van der Waals surface area contributed by atoms with E-state index in [9.17, 15) is 0 Å². The third kappa shape index (κ3) is 3.27. The molecular weight excluding hydrogens is 302 g/mol. The first-order chi connectivity index (χ1) is 11.4. The zero-order chi connectivity index (χ0) is 15.5. The lowest BCUT2D eigenvalue weighted by Crippen LogP contribution is -1.91. The van der Waals surface area contributed by atoms with Crippen LogP contribution in [0.25, 0.3) is 5.65 Å². The van der Waals surface area contributed by atoms with Crippen molar-refractivity contribution in [2.75, 3.05) is 0 Å². The maximum Gasteiger partial charge on any atom is 0.153 e. The van der Waals surface area contributed by atoms with Gasteiger partial charge in [-0.25, -0.2) is 9.50 Å². The molecular formula is C19H15N3S. The Morgan fingerprint density at radius 2 is 1.57 bits per heavy atom. The molecule has 2 aromatic heterocycles. The van der Waals surface area contributed by atoms with Crippen LogP contribution in [0.2, 0.25) is 0 Å². The van der Waals surface area contributed by atoms with Gasteiger partial charge in [0, 0.05) is 11.3 Å². The van der Waals surface area contributed by atoms with E-state index in [0.29, 0.717) is 0 Å². The molecule has 23 heavy (non-hydrogen) atoms. The van der Waals surface area contributed by atoms with Crippen LogP contribution in [0.5, 0.6) is 0 Å². The monoisotopic (exact) mass is 317 g/mol. The van der Waals surface area contributed by atoms with E-state index in [-0.39, 0.29) is 0 Å². The fourth-order valence-electron chi connectivity index (χ4n) is 2.47. The maximum atomic E-state index is 4.65. The van der Waals surface area contributed by atoms with Crippen molar-refractivity contribution in [2.45, 2.75) is 16.3 Å². The van der Waals surface area contributed by atoms with Gasteiger partial charge in [-0.3, -0.25) is 0 Å². The highest BCUT2D eigenvalue weighted by Crippen LogP contribution is 2.25. The summed E-state index contributed by atoms with van der Waals surface area (Å²) in [6.07, 6.45) is 2.84. The Balaban J connectivity index is 1.59. The molecule has 0 unspecified atom stereocenters. The van der Waals surface area contributed by atoms with E-state index < -0.39 is 0 Å². The number of aromatic nitrogens is 3. The van der Waals surface area contributed by atoms with E-state index in [2.05, 4.69) is 46.5 Å². The van der Waals surface area contributed by atoms with Crippen molar-refractivity contribution in [1.82, 2.24) is 14.6 Å². The first-order valence-electron chi connectivity index (χ1n) is 7.49. The van der Waals surface area contributed by atoms with Crippen LogP contribution < -0.4 is 0 Å². The summed E-state index contributed by atoms with van der Waals surface area (Å²) in [6.45, 7) is 0. The third-order valence-corrected chi connectivity index (χ3v) is 4.47. The van der Waals surface area contributed by atoms with Gasteiger partial charge in [-0.1, -0.05) is 60.3 Å². The summed E-state index contributed by atoms with van der Waals surface area (Å²) in [4.78, 5) is 5.83. The average molecular weight is 317 g/mol. The zero-order valence-electron chi connectivity index (χ0n) is 12.5. The molecule has 0 atom stereocenters. The fraction of sp³-hybridized carbons (Fsp3) is 0.0526.